The predicted octanol–water partition coefficient (Wildman–Crippen LogP) is 0.756. The first-order chi connectivity index (χ1) is 9.74. The van der Waals surface area contributed by atoms with Crippen molar-refractivity contribution in [2.75, 3.05) is 19.6 Å². The molecule has 1 atom stereocenters. The molecule has 5 heteroatoms. The van der Waals surface area contributed by atoms with Crippen molar-refractivity contribution in [3.8, 4) is 0 Å². The van der Waals surface area contributed by atoms with E-state index >= 15 is 0 Å². The molecule has 0 aromatic heterocycles. The van der Waals surface area contributed by atoms with E-state index in [-0.39, 0.29) is 17.9 Å². The van der Waals surface area contributed by atoms with Gasteiger partial charge in [0.1, 0.15) is 6.04 Å². The van der Waals surface area contributed by atoms with Crippen LogP contribution in [0.2, 0.25) is 0 Å². The summed E-state index contributed by atoms with van der Waals surface area (Å²) in [5, 5.41) is 2.85. The van der Waals surface area contributed by atoms with E-state index < -0.39 is 0 Å². The highest BCUT2D eigenvalue weighted by Gasteiger charge is 2.34. The Labute approximate surface area is 119 Å². The third-order valence-electron chi connectivity index (χ3n) is 3.52. The van der Waals surface area contributed by atoms with Gasteiger partial charge in [-0.2, -0.15) is 0 Å². The predicted molar refractivity (Wildman–Crippen MR) is 77.2 cm³/mol. The standard InChI is InChI=1S/C15H21N3O2/c16-9-5-10-17-14(19)13-8-4-11-18(13)15(20)12-6-2-1-3-7-12/h1-3,6-7,13H,4-5,8-11,16H2,(H,17,19). The number of nitrogens with zero attached hydrogens (tertiary/aromatic N) is 1. The van der Waals surface area contributed by atoms with E-state index in [4.69, 9.17) is 5.73 Å². The fourth-order valence-corrected chi connectivity index (χ4v) is 2.46. The summed E-state index contributed by atoms with van der Waals surface area (Å²) in [5.41, 5.74) is 6.04. The number of nitrogens with one attached hydrogen (secondary N) is 1. The van der Waals surface area contributed by atoms with Crippen molar-refractivity contribution in [2.24, 2.45) is 5.73 Å². The molecule has 108 valence electrons. The topological polar surface area (TPSA) is 75.4 Å². The monoisotopic (exact) mass is 275 g/mol. The molecular weight excluding hydrogens is 254 g/mol. The first-order valence-electron chi connectivity index (χ1n) is 7.08. The van der Waals surface area contributed by atoms with E-state index in [2.05, 4.69) is 5.32 Å². The van der Waals surface area contributed by atoms with Crippen LogP contribution in [0.15, 0.2) is 30.3 Å². The van der Waals surface area contributed by atoms with Gasteiger partial charge >= 0.3 is 0 Å². The molecule has 5 nitrogen and oxygen atoms in total. The lowest BCUT2D eigenvalue weighted by Gasteiger charge is -2.24. The van der Waals surface area contributed by atoms with Gasteiger partial charge in [0.15, 0.2) is 0 Å². The molecule has 1 unspecified atom stereocenters. The molecule has 20 heavy (non-hydrogen) atoms. The Balaban J connectivity index is 2.00. The Hall–Kier alpha value is -1.88. The zero-order valence-corrected chi connectivity index (χ0v) is 11.5. The Morgan fingerprint density at radius 1 is 1.30 bits per heavy atom. The van der Waals surface area contributed by atoms with Gasteiger partial charge in [-0.25, -0.2) is 0 Å². The average Bonchev–Trinajstić information content (AvgIpc) is 2.97. The molecule has 2 rings (SSSR count). The third kappa shape index (κ3) is 3.36. The highest BCUT2D eigenvalue weighted by Crippen LogP contribution is 2.20. The molecule has 1 aliphatic heterocycles. The van der Waals surface area contributed by atoms with Crippen LogP contribution >= 0.6 is 0 Å². The summed E-state index contributed by atoms with van der Waals surface area (Å²) in [4.78, 5) is 26.2. The van der Waals surface area contributed by atoms with Gasteiger partial charge in [-0.15, -0.1) is 0 Å². The maximum atomic E-state index is 12.4. The van der Waals surface area contributed by atoms with E-state index in [0.717, 1.165) is 19.3 Å². The lowest BCUT2D eigenvalue weighted by molar-refractivity contribution is -0.124. The molecule has 1 fully saturated rings. The van der Waals surface area contributed by atoms with Crippen molar-refractivity contribution in [3.63, 3.8) is 0 Å². The molecule has 0 saturated carbocycles. The molecule has 0 bridgehead atoms. The van der Waals surface area contributed by atoms with Crippen LogP contribution < -0.4 is 11.1 Å². The van der Waals surface area contributed by atoms with Crippen LogP contribution in [0.1, 0.15) is 29.6 Å². The van der Waals surface area contributed by atoms with E-state index in [1.54, 1.807) is 17.0 Å². The number of benzene rings is 1. The molecule has 1 heterocycles. The number of carbonyl (C=O) groups excluding carboxylic acids is 2. The molecular formula is C15H21N3O2. The lowest BCUT2D eigenvalue weighted by Crippen LogP contribution is -2.46. The molecule has 1 aliphatic rings. The Morgan fingerprint density at radius 2 is 2.05 bits per heavy atom. The molecule has 0 radical (unpaired) electrons. The quantitative estimate of drug-likeness (QED) is 0.779. The van der Waals surface area contributed by atoms with Crippen LogP contribution in [-0.4, -0.2) is 42.4 Å². The zero-order valence-electron chi connectivity index (χ0n) is 11.5. The smallest absolute Gasteiger partial charge is 0.254 e. The second-order valence-corrected chi connectivity index (χ2v) is 4.96. The molecule has 1 aromatic carbocycles. The van der Waals surface area contributed by atoms with Gasteiger partial charge in [0, 0.05) is 18.7 Å². The van der Waals surface area contributed by atoms with E-state index in [1.807, 2.05) is 18.2 Å². The summed E-state index contributed by atoms with van der Waals surface area (Å²) < 4.78 is 0. The second-order valence-electron chi connectivity index (χ2n) is 4.96. The van der Waals surface area contributed by atoms with Crippen molar-refractivity contribution < 1.29 is 9.59 Å². The van der Waals surface area contributed by atoms with Crippen LogP contribution in [0.25, 0.3) is 0 Å². The van der Waals surface area contributed by atoms with Gasteiger partial charge < -0.3 is 16.0 Å². The molecule has 2 amide bonds. The number of hydrogen-bond donors (Lipinski definition) is 2. The summed E-state index contributed by atoms with van der Waals surface area (Å²) >= 11 is 0. The molecule has 1 aromatic rings. The molecule has 3 N–H and O–H groups in total. The first kappa shape index (κ1) is 14.5. The summed E-state index contributed by atoms with van der Waals surface area (Å²) in [7, 11) is 0. The fourth-order valence-electron chi connectivity index (χ4n) is 2.46. The minimum atomic E-state index is -0.347. The SMILES string of the molecule is NCCCNC(=O)C1CCCN1C(=O)c1ccccc1. The minimum Gasteiger partial charge on any atom is -0.354 e. The molecule has 0 spiro atoms. The number of rotatable bonds is 5. The Morgan fingerprint density at radius 3 is 2.75 bits per heavy atom. The van der Waals surface area contributed by atoms with Gasteiger partial charge in [-0.3, -0.25) is 9.59 Å². The van der Waals surface area contributed by atoms with Crippen LogP contribution in [-0.2, 0) is 4.79 Å². The van der Waals surface area contributed by atoms with Crippen molar-refractivity contribution in [2.45, 2.75) is 25.3 Å². The third-order valence-corrected chi connectivity index (χ3v) is 3.52. The zero-order chi connectivity index (χ0) is 14.4. The second kappa shape index (κ2) is 7.05. The van der Waals surface area contributed by atoms with Crippen LogP contribution in [0.3, 0.4) is 0 Å². The van der Waals surface area contributed by atoms with E-state index in [9.17, 15) is 9.59 Å². The van der Waals surface area contributed by atoms with Gasteiger partial charge in [0.25, 0.3) is 5.91 Å². The van der Waals surface area contributed by atoms with Crippen LogP contribution in [0.4, 0.5) is 0 Å². The molecule has 0 aliphatic carbocycles. The Kier molecular flexibility index (Phi) is 5.12. The average molecular weight is 275 g/mol. The van der Waals surface area contributed by atoms with Gasteiger partial charge in [0.2, 0.25) is 5.91 Å². The highest BCUT2D eigenvalue weighted by atomic mass is 16.2. The number of hydrogen-bond acceptors (Lipinski definition) is 3. The minimum absolute atomic E-state index is 0.0675. The summed E-state index contributed by atoms with van der Waals surface area (Å²) in [5.74, 6) is -0.137. The largest absolute Gasteiger partial charge is 0.354 e. The summed E-state index contributed by atoms with van der Waals surface area (Å²) in [6.45, 7) is 1.76. The maximum absolute atomic E-state index is 12.4. The number of amides is 2. The van der Waals surface area contributed by atoms with Crippen molar-refractivity contribution >= 4 is 11.8 Å². The van der Waals surface area contributed by atoms with Crippen molar-refractivity contribution in [1.29, 1.82) is 0 Å². The summed E-state index contributed by atoms with van der Waals surface area (Å²) in [6.07, 6.45) is 2.35. The van der Waals surface area contributed by atoms with Gasteiger partial charge in [-0.05, 0) is 37.9 Å². The van der Waals surface area contributed by atoms with Crippen molar-refractivity contribution in [3.05, 3.63) is 35.9 Å². The fraction of sp³-hybridized carbons (Fsp3) is 0.467. The normalized spacial score (nSPS) is 18.1. The van der Waals surface area contributed by atoms with Crippen LogP contribution in [0.5, 0.6) is 0 Å². The van der Waals surface area contributed by atoms with Crippen LogP contribution in [0, 0.1) is 0 Å². The maximum Gasteiger partial charge on any atom is 0.254 e. The van der Waals surface area contributed by atoms with E-state index in [1.165, 1.54) is 0 Å². The first-order valence-corrected chi connectivity index (χ1v) is 7.08. The highest BCUT2D eigenvalue weighted by molar-refractivity contribution is 5.97. The van der Waals surface area contributed by atoms with Crippen molar-refractivity contribution in [1.82, 2.24) is 10.2 Å². The summed E-state index contributed by atoms with van der Waals surface area (Å²) in [6, 6.07) is 8.76. The van der Waals surface area contributed by atoms with Gasteiger partial charge in [-0.1, -0.05) is 18.2 Å². The Bertz CT molecular complexity index is 461. The lowest BCUT2D eigenvalue weighted by atomic mass is 10.1. The molecule has 1 saturated heterocycles. The van der Waals surface area contributed by atoms with E-state index in [0.29, 0.717) is 25.2 Å². The number of likely N-dealkylation sites (tertiary alicyclic amines) is 1. The number of nitrogens with two attached hydrogens (primary N) is 1. The number of carbonyl (C=O) groups is 2. The van der Waals surface area contributed by atoms with Gasteiger partial charge in [0.05, 0.1) is 0 Å².